The molecule has 0 fully saturated rings. The van der Waals surface area contributed by atoms with Crippen LogP contribution < -0.4 is 15.5 Å². The van der Waals surface area contributed by atoms with Gasteiger partial charge in [-0.3, -0.25) is 4.79 Å². The Kier molecular flexibility index (Phi) is 4.82. The molecule has 0 aliphatic heterocycles. The van der Waals surface area contributed by atoms with Crippen molar-refractivity contribution in [3.05, 3.63) is 59.7 Å². The number of hydrogen-bond acceptors (Lipinski definition) is 3. The predicted molar refractivity (Wildman–Crippen MR) is 87.9 cm³/mol. The average molecular weight is 283 g/mol. The van der Waals surface area contributed by atoms with Crippen LogP contribution in [0, 0.1) is 0 Å². The number of hydrogen-bond donors (Lipinski definition) is 2. The largest absolute Gasteiger partial charge is 0.381 e. The highest BCUT2D eigenvalue weighted by atomic mass is 16.1. The number of anilines is 2. The number of nitrogens with one attached hydrogen (secondary N) is 2. The van der Waals surface area contributed by atoms with E-state index in [0.717, 1.165) is 23.5 Å². The quantitative estimate of drug-likeness (QED) is 0.887. The van der Waals surface area contributed by atoms with Crippen molar-refractivity contribution in [3.63, 3.8) is 0 Å². The summed E-state index contributed by atoms with van der Waals surface area (Å²) in [7, 11) is 5.68. The van der Waals surface area contributed by atoms with Crippen LogP contribution in [0.2, 0.25) is 0 Å². The second-order valence-electron chi connectivity index (χ2n) is 5.07. The molecule has 0 heterocycles. The first-order valence-electron chi connectivity index (χ1n) is 6.92. The molecule has 4 nitrogen and oxygen atoms in total. The SMILES string of the molecule is CNC(=O)c1ccc(CNc2cccc(N(C)C)c2)cc1. The van der Waals surface area contributed by atoms with Crippen LogP contribution in [0.5, 0.6) is 0 Å². The number of carbonyl (C=O) groups excluding carboxylic acids is 1. The molecule has 0 atom stereocenters. The minimum atomic E-state index is -0.0619. The zero-order valence-electron chi connectivity index (χ0n) is 12.7. The monoisotopic (exact) mass is 283 g/mol. The van der Waals surface area contributed by atoms with Crippen LogP contribution in [0.25, 0.3) is 0 Å². The Morgan fingerprint density at radius 2 is 1.81 bits per heavy atom. The first kappa shape index (κ1) is 14.9. The fraction of sp³-hybridized carbons (Fsp3) is 0.235. The molecule has 0 saturated carbocycles. The zero-order chi connectivity index (χ0) is 15.2. The van der Waals surface area contributed by atoms with Crippen molar-refractivity contribution >= 4 is 17.3 Å². The summed E-state index contributed by atoms with van der Waals surface area (Å²) in [6, 6.07) is 15.9. The number of rotatable bonds is 5. The van der Waals surface area contributed by atoms with Crippen molar-refractivity contribution in [2.75, 3.05) is 31.4 Å². The van der Waals surface area contributed by atoms with E-state index in [9.17, 15) is 4.79 Å². The molecule has 1 amide bonds. The molecule has 0 aliphatic rings. The maximum atomic E-state index is 11.5. The fourth-order valence-corrected chi connectivity index (χ4v) is 2.02. The van der Waals surface area contributed by atoms with Gasteiger partial charge in [0.15, 0.2) is 0 Å². The summed E-state index contributed by atoms with van der Waals surface area (Å²) in [5.41, 5.74) is 4.06. The summed E-state index contributed by atoms with van der Waals surface area (Å²) in [5, 5.41) is 6.01. The standard InChI is InChI=1S/C17H21N3O/c1-18-17(21)14-9-7-13(8-10-14)12-19-15-5-4-6-16(11-15)20(2)3/h4-11,19H,12H2,1-3H3,(H,18,21). The molecule has 0 bridgehead atoms. The lowest BCUT2D eigenvalue weighted by Crippen LogP contribution is -2.17. The molecule has 0 radical (unpaired) electrons. The lowest BCUT2D eigenvalue weighted by molar-refractivity contribution is 0.0963. The van der Waals surface area contributed by atoms with Gasteiger partial charge in [-0.05, 0) is 35.9 Å². The van der Waals surface area contributed by atoms with E-state index in [1.54, 1.807) is 7.05 Å². The number of carbonyl (C=O) groups is 1. The highest BCUT2D eigenvalue weighted by Gasteiger charge is 2.02. The molecule has 2 aromatic rings. The van der Waals surface area contributed by atoms with Gasteiger partial charge in [-0.2, -0.15) is 0 Å². The summed E-state index contributed by atoms with van der Waals surface area (Å²) >= 11 is 0. The van der Waals surface area contributed by atoms with Crippen LogP contribution >= 0.6 is 0 Å². The summed E-state index contributed by atoms with van der Waals surface area (Å²) in [6.07, 6.45) is 0. The van der Waals surface area contributed by atoms with Gasteiger partial charge in [0, 0.05) is 44.6 Å². The van der Waals surface area contributed by atoms with Crippen molar-refractivity contribution in [1.29, 1.82) is 0 Å². The molecule has 2 N–H and O–H groups in total. The van der Waals surface area contributed by atoms with E-state index in [2.05, 4.69) is 27.7 Å². The molecule has 2 rings (SSSR count). The molecule has 0 aliphatic carbocycles. The third-order valence-electron chi connectivity index (χ3n) is 3.30. The van der Waals surface area contributed by atoms with Crippen molar-refractivity contribution in [1.82, 2.24) is 5.32 Å². The molecule has 110 valence electrons. The number of benzene rings is 2. The fourth-order valence-electron chi connectivity index (χ4n) is 2.02. The second kappa shape index (κ2) is 6.79. The Bertz CT molecular complexity index is 606. The van der Waals surface area contributed by atoms with E-state index >= 15 is 0 Å². The highest BCUT2D eigenvalue weighted by molar-refractivity contribution is 5.93. The molecular formula is C17H21N3O. The van der Waals surface area contributed by atoms with Crippen molar-refractivity contribution < 1.29 is 4.79 Å². The zero-order valence-corrected chi connectivity index (χ0v) is 12.7. The Balaban J connectivity index is 2.00. The second-order valence-corrected chi connectivity index (χ2v) is 5.07. The number of nitrogens with zero attached hydrogens (tertiary/aromatic N) is 1. The first-order chi connectivity index (χ1) is 10.1. The predicted octanol–water partition coefficient (Wildman–Crippen LogP) is 2.72. The lowest BCUT2D eigenvalue weighted by atomic mass is 10.1. The van der Waals surface area contributed by atoms with Gasteiger partial charge in [-0.1, -0.05) is 18.2 Å². The normalized spacial score (nSPS) is 10.0. The lowest BCUT2D eigenvalue weighted by Gasteiger charge is -2.14. The molecular weight excluding hydrogens is 262 g/mol. The van der Waals surface area contributed by atoms with Gasteiger partial charge in [-0.15, -0.1) is 0 Å². The third kappa shape index (κ3) is 3.99. The van der Waals surface area contributed by atoms with E-state index in [-0.39, 0.29) is 5.91 Å². The van der Waals surface area contributed by atoms with Crippen molar-refractivity contribution in [2.45, 2.75) is 6.54 Å². The minimum Gasteiger partial charge on any atom is -0.381 e. The van der Waals surface area contributed by atoms with Crippen molar-refractivity contribution in [3.8, 4) is 0 Å². The smallest absolute Gasteiger partial charge is 0.251 e. The Morgan fingerprint density at radius 3 is 2.43 bits per heavy atom. The van der Waals surface area contributed by atoms with Gasteiger partial charge in [0.1, 0.15) is 0 Å². The molecule has 4 heteroatoms. The van der Waals surface area contributed by atoms with Crippen LogP contribution in [0.15, 0.2) is 48.5 Å². The summed E-state index contributed by atoms with van der Waals surface area (Å²) in [6.45, 7) is 0.727. The Hall–Kier alpha value is -2.49. The Morgan fingerprint density at radius 1 is 1.10 bits per heavy atom. The van der Waals surface area contributed by atoms with Crippen LogP contribution in [0.4, 0.5) is 11.4 Å². The van der Waals surface area contributed by atoms with Crippen LogP contribution in [-0.2, 0) is 6.54 Å². The van der Waals surface area contributed by atoms with Gasteiger partial charge in [0.25, 0.3) is 5.91 Å². The van der Waals surface area contributed by atoms with Crippen LogP contribution in [-0.4, -0.2) is 27.1 Å². The summed E-state index contributed by atoms with van der Waals surface area (Å²) in [5.74, 6) is -0.0619. The Labute approximate surface area is 125 Å². The molecule has 0 aromatic heterocycles. The molecule has 0 saturated heterocycles. The average Bonchev–Trinajstić information content (AvgIpc) is 2.53. The van der Waals surface area contributed by atoms with Gasteiger partial charge >= 0.3 is 0 Å². The van der Waals surface area contributed by atoms with E-state index in [4.69, 9.17) is 0 Å². The van der Waals surface area contributed by atoms with E-state index < -0.39 is 0 Å². The van der Waals surface area contributed by atoms with E-state index in [1.807, 2.05) is 50.5 Å². The maximum absolute atomic E-state index is 11.5. The van der Waals surface area contributed by atoms with E-state index in [0.29, 0.717) is 5.56 Å². The van der Waals surface area contributed by atoms with Crippen molar-refractivity contribution in [2.24, 2.45) is 0 Å². The first-order valence-corrected chi connectivity index (χ1v) is 6.92. The molecule has 21 heavy (non-hydrogen) atoms. The summed E-state index contributed by atoms with van der Waals surface area (Å²) in [4.78, 5) is 13.5. The van der Waals surface area contributed by atoms with Gasteiger partial charge < -0.3 is 15.5 Å². The van der Waals surface area contributed by atoms with Gasteiger partial charge in [0.2, 0.25) is 0 Å². The highest BCUT2D eigenvalue weighted by Crippen LogP contribution is 2.18. The minimum absolute atomic E-state index is 0.0619. The maximum Gasteiger partial charge on any atom is 0.251 e. The molecule has 2 aromatic carbocycles. The van der Waals surface area contributed by atoms with Crippen LogP contribution in [0.1, 0.15) is 15.9 Å². The summed E-state index contributed by atoms with van der Waals surface area (Å²) < 4.78 is 0. The number of amides is 1. The topological polar surface area (TPSA) is 44.4 Å². The van der Waals surface area contributed by atoms with E-state index in [1.165, 1.54) is 0 Å². The van der Waals surface area contributed by atoms with Crippen LogP contribution in [0.3, 0.4) is 0 Å². The molecule has 0 spiro atoms. The van der Waals surface area contributed by atoms with Gasteiger partial charge in [0.05, 0.1) is 0 Å². The van der Waals surface area contributed by atoms with Gasteiger partial charge in [-0.25, -0.2) is 0 Å². The molecule has 0 unspecified atom stereocenters. The third-order valence-corrected chi connectivity index (χ3v) is 3.30.